The fourth-order valence-electron chi connectivity index (χ4n) is 1.77. The highest BCUT2D eigenvalue weighted by atomic mass is 35.5. The molecule has 0 aliphatic heterocycles. The Bertz CT molecular complexity index is 556. The van der Waals surface area contributed by atoms with Crippen LogP contribution >= 0.6 is 22.9 Å². The van der Waals surface area contributed by atoms with Crippen molar-refractivity contribution in [3.05, 3.63) is 57.2 Å². The summed E-state index contributed by atoms with van der Waals surface area (Å²) in [5.74, 6) is -0.0120. The molecule has 2 rings (SSSR count). The van der Waals surface area contributed by atoms with Gasteiger partial charge in [-0.2, -0.15) is 0 Å². The number of hydrogen-bond donors (Lipinski definition) is 2. The van der Waals surface area contributed by atoms with Gasteiger partial charge in [0.15, 0.2) is 0 Å². The Kier molecular flexibility index (Phi) is 5.59. The summed E-state index contributed by atoms with van der Waals surface area (Å²) in [6, 6.07) is 11.9. The van der Waals surface area contributed by atoms with Crippen molar-refractivity contribution >= 4 is 28.8 Å². The monoisotopic (exact) mass is 308 g/mol. The van der Waals surface area contributed by atoms with Crippen LogP contribution in [0.2, 0.25) is 4.34 Å². The van der Waals surface area contributed by atoms with E-state index in [1.807, 2.05) is 48.7 Å². The molecule has 0 spiro atoms. The number of rotatable bonds is 6. The van der Waals surface area contributed by atoms with Crippen LogP contribution in [0.25, 0.3) is 0 Å². The van der Waals surface area contributed by atoms with Gasteiger partial charge in [0.2, 0.25) is 5.91 Å². The van der Waals surface area contributed by atoms with Gasteiger partial charge in [0.25, 0.3) is 0 Å². The van der Waals surface area contributed by atoms with E-state index in [-0.39, 0.29) is 11.9 Å². The van der Waals surface area contributed by atoms with E-state index >= 15 is 0 Å². The molecule has 0 saturated heterocycles. The van der Waals surface area contributed by atoms with Crippen molar-refractivity contribution in [3.8, 4) is 0 Å². The van der Waals surface area contributed by atoms with Gasteiger partial charge in [0.05, 0.1) is 10.9 Å². The number of hydrogen-bond acceptors (Lipinski definition) is 3. The van der Waals surface area contributed by atoms with E-state index in [0.29, 0.717) is 13.1 Å². The van der Waals surface area contributed by atoms with Crippen LogP contribution in [0.3, 0.4) is 0 Å². The van der Waals surface area contributed by atoms with Gasteiger partial charge >= 0.3 is 0 Å². The van der Waals surface area contributed by atoms with Gasteiger partial charge < -0.3 is 10.6 Å². The molecule has 0 saturated carbocycles. The van der Waals surface area contributed by atoms with Crippen molar-refractivity contribution in [2.24, 2.45) is 0 Å². The highest BCUT2D eigenvalue weighted by Crippen LogP contribution is 2.24. The van der Waals surface area contributed by atoms with E-state index in [1.165, 1.54) is 11.3 Å². The fraction of sp³-hybridized carbons (Fsp3) is 0.267. The summed E-state index contributed by atoms with van der Waals surface area (Å²) in [4.78, 5) is 11.8. The van der Waals surface area contributed by atoms with Gasteiger partial charge in [-0.25, -0.2) is 0 Å². The summed E-state index contributed by atoms with van der Waals surface area (Å²) in [6.07, 6.45) is 0. The van der Waals surface area contributed by atoms with E-state index in [4.69, 9.17) is 11.6 Å². The molecular weight excluding hydrogens is 292 g/mol. The highest BCUT2D eigenvalue weighted by Gasteiger charge is 2.09. The number of benzene rings is 1. The van der Waals surface area contributed by atoms with Gasteiger partial charge in [-0.05, 0) is 29.5 Å². The van der Waals surface area contributed by atoms with Gasteiger partial charge in [-0.3, -0.25) is 4.79 Å². The Morgan fingerprint density at radius 2 is 2.10 bits per heavy atom. The normalized spacial score (nSPS) is 12.1. The molecule has 5 heteroatoms. The quantitative estimate of drug-likeness (QED) is 0.859. The van der Waals surface area contributed by atoms with Crippen LogP contribution < -0.4 is 10.6 Å². The van der Waals surface area contributed by atoms with E-state index in [0.717, 1.165) is 15.5 Å². The van der Waals surface area contributed by atoms with Gasteiger partial charge in [0, 0.05) is 12.6 Å². The molecule has 1 unspecified atom stereocenters. The first-order valence-corrected chi connectivity index (χ1v) is 7.69. The summed E-state index contributed by atoms with van der Waals surface area (Å²) >= 11 is 7.40. The lowest BCUT2D eigenvalue weighted by molar-refractivity contribution is -0.120. The summed E-state index contributed by atoms with van der Waals surface area (Å²) in [5, 5.41) is 8.07. The summed E-state index contributed by atoms with van der Waals surface area (Å²) in [7, 11) is 0. The van der Waals surface area contributed by atoms with Crippen LogP contribution in [0, 0.1) is 0 Å². The minimum Gasteiger partial charge on any atom is -0.351 e. The van der Waals surface area contributed by atoms with Crippen molar-refractivity contribution in [1.29, 1.82) is 0 Å². The van der Waals surface area contributed by atoms with Gasteiger partial charge in [-0.1, -0.05) is 41.9 Å². The first kappa shape index (κ1) is 15.0. The number of thiophene rings is 1. The minimum atomic E-state index is -0.0120. The molecule has 3 nitrogen and oxygen atoms in total. The Hall–Kier alpha value is -1.36. The molecule has 0 fully saturated rings. The maximum atomic E-state index is 11.8. The average Bonchev–Trinajstić information content (AvgIpc) is 2.90. The number of carbonyl (C=O) groups is 1. The molecule has 106 valence electrons. The van der Waals surface area contributed by atoms with Crippen molar-refractivity contribution in [1.82, 2.24) is 10.6 Å². The third kappa shape index (κ3) is 4.63. The van der Waals surface area contributed by atoms with Crippen molar-refractivity contribution in [3.63, 3.8) is 0 Å². The van der Waals surface area contributed by atoms with Gasteiger partial charge in [0.1, 0.15) is 0 Å². The average molecular weight is 309 g/mol. The summed E-state index contributed by atoms with van der Waals surface area (Å²) < 4.78 is 0.766. The zero-order chi connectivity index (χ0) is 14.4. The third-order valence-electron chi connectivity index (χ3n) is 2.99. The molecule has 1 aromatic carbocycles. The SMILES string of the molecule is CC(NCC(=O)NCc1ccccc1)c1csc(Cl)c1. The van der Waals surface area contributed by atoms with Gasteiger partial charge in [-0.15, -0.1) is 11.3 Å². The Morgan fingerprint density at radius 3 is 2.75 bits per heavy atom. The molecule has 2 aromatic rings. The molecule has 0 radical (unpaired) electrons. The lowest BCUT2D eigenvalue weighted by Crippen LogP contribution is -2.34. The minimum absolute atomic E-state index is 0.0120. The maximum absolute atomic E-state index is 11.8. The maximum Gasteiger partial charge on any atom is 0.234 e. The van der Waals surface area contributed by atoms with Crippen molar-refractivity contribution in [2.45, 2.75) is 19.5 Å². The van der Waals surface area contributed by atoms with E-state index < -0.39 is 0 Å². The third-order valence-corrected chi connectivity index (χ3v) is 4.10. The zero-order valence-electron chi connectivity index (χ0n) is 11.2. The Morgan fingerprint density at radius 1 is 1.35 bits per heavy atom. The predicted molar refractivity (Wildman–Crippen MR) is 84.0 cm³/mol. The topological polar surface area (TPSA) is 41.1 Å². The molecule has 1 heterocycles. The molecule has 20 heavy (non-hydrogen) atoms. The number of carbonyl (C=O) groups excluding carboxylic acids is 1. The molecule has 0 bridgehead atoms. The number of nitrogens with one attached hydrogen (secondary N) is 2. The molecular formula is C15H17ClN2OS. The van der Waals surface area contributed by atoms with Crippen LogP contribution in [0.5, 0.6) is 0 Å². The molecule has 2 N–H and O–H groups in total. The second kappa shape index (κ2) is 7.43. The number of amides is 1. The lowest BCUT2D eigenvalue weighted by atomic mass is 10.2. The Labute approximate surface area is 128 Å². The Balaban J connectivity index is 1.72. The molecule has 0 aliphatic rings. The summed E-state index contributed by atoms with van der Waals surface area (Å²) in [6.45, 7) is 2.87. The second-order valence-corrected chi connectivity index (χ2v) is 6.09. The molecule has 1 amide bonds. The second-order valence-electron chi connectivity index (χ2n) is 4.55. The van der Waals surface area contributed by atoms with Crippen LogP contribution in [0.4, 0.5) is 0 Å². The van der Waals surface area contributed by atoms with Crippen LogP contribution in [0.15, 0.2) is 41.8 Å². The van der Waals surface area contributed by atoms with Crippen molar-refractivity contribution < 1.29 is 4.79 Å². The first-order chi connectivity index (χ1) is 9.65. The van der Waals surface area contributed by atoms with E-state index in [9.17, 15) is 4.79 Å². The number of halogens is 1. The van der Waals surface area contributed by atoms with E-state index in [1.54, 1.807) is 0 Å². The lowest BCUT2D eigenvalue weighted by Gasteiger charge is -2.12. The van der Waals surface area contributed by atoms with Crippen LogP contribution in [-0.4, -0.2) is 12.5 Å². The van der Waals surface area contributed by atoms with Crippen LogP contribution in [-0.2, 0) is 11.3 Å². The fourth-order valence-corrected chi connectivity index (χ4v) is 2.76. The van der Waals surface area contributed by atoms with Crippen LogP contribution in [0.1, 0.15) is 24.1 Å². The summed E-state index contributed by atoms with van der Waals surface area (Å²) in [5.41, 5.74) is 2.20. The molecule has 1 aromatic heterocycles. The first-order valence-electron chi connectivity index (χ1n) is 6.43. The molecule has 0 aliphatic carbocycles. The zero-order valence-corrected chi connectivity index (χ0v) is 12.8. The smallest absolute Gasteiger partial charge is 0.234 e. The highest BCUT2D eigenvalue weighted by molar-refractivity contribution is 7.14. The molecule has 1 atom stereocenters. The standard InChI is InChI=1S/C15H17ClN2OS/c1-11(13-7-14(16)20-10-13)17-9-15(19)18-8-12-5-3-2-4-6-12/h2-7,10-11,17H,8-9H2,1H3,(H,18,19). The largest absolute Gasteiger partial charge is 0.351 e. The predicted octanol–water partition coefficient (Wildman–Crippen LogP) is 3.37. The van der Waals surface area contributed by atoms with E-state index in [2.05, 4.69) is 10.6 Å². The van der Waals surface area contributed by atoms with Crippen molar-refractivity contribution in [2.75, 3.05) is 6.54 Å².